The molecule has 2 heterocycles. The summed E-state index contributed by atoms with van der Waals surface area (Å²) in [5, 5.41) is 17.1. The number of hydrogen-bond donors (Lipinski definition) is 3. The second kappa shape index (κ2) is 10.1. The lowest BCUT2D eigenvalue weighted by molar-refractivity contribution is 0.127. The Hall–Kier alpha value is -1.32. The van der Waals surface area contributed by atoms with Crippen LogP contribution in [-0.2, 0) is 11.2 Å². The second-order valence-corrected chi connectivity index (χ2v) is 6.63. The molecule has 0 spiro atoms. The van der Waals surface area contributed by atoms with E-state index >= 15 is 0 Å². The molecule has 144 valence electrons. The van der Waals surface area contributed by atoms with Crippen molar-refractivity contribution in [3.05, 3.63) is 36.1 Å². The number of rotatable bonds is 7. The summed E-state index contributed by atoms with van der Waals surface area (Å²) in [5.74, 6) is 1.73. The van der Waals surface area contributed by atoms with E-state index in [9.17, 15) is 5.11 Å². The van der Waals surface area contributed by atoms with Gasteiger partial charge >= 0.3 is 0 Å². The molecule has 1 aliphatic rings. The standard InChI is InChI=1S/C19H27N3O3.HI/c1-20-18(22-13-19(7-10-23)8-11-24-14-19)21-9-6-16-12-15-4-2-3-5-17(15)25-16;/h2-5,12,23H,6-11,13-14H2,1H3,(H2,20,21,22);1H. The number of guanidine groups is 1. The van der Waals surface area contributed by atoms with Gasteiger partial charge in [0.1, 0.15) is 11.3 Å². The molecule has 1 aliphatic heterocycles. The molecule has 26 heavy (non-hydrogen) atoms. The molecule has 2 aromatic rings. The molecule has 0 saturated carbocycles. The smallest absolute Gasteiger partial charge is 0.191 e. The molecule has 1 atom stereocenters. The van der Waals surface area contributed by atoms with Gasteiger partial charge in [0, 0.05) is 50.6 Å². The van der Waals surface area contributed by atoms with Crippen LogP contribution in [0.2, 0.25) is 0 Å². The van der Waals surface area contributed by atoms with Gasteiger partial charge in [-0.2, -0.15) is 0 Å². The van der Waals surface area contributed by atoms with E-state index in [4.69, 9.17) is 9.15 Å². The maximum absolute atomic E-state index is 9.30. The third-order valence-electron chi connectivity index (χ3n) is 4.82. The quantitative estimate of drug-likeness (QED) is 0.327. The highest BCUT2D eigenvalue weighted by atomic mass is 127. The third-order valence-corrected chi connectivity index (χ3v) is 4.82. The van der Waals surface area contributed by atoms with Crippen LogP contribution in [0.15, 0.2) is 39.7 Å². The van der Waals surface area contributed by atoms with Crippen LogP contribution in [0.4, 0.5) is 0 Å². The maximum Gasteiger partial charge on any atom is 0.191 e. The van der Waals surface area contributed by atoms with E-state index in [2.05, 4.69) is 27.8 Å². The fraction of sp³-hybridized carbons (Fsp3) is 0.526. The summed E-state index contributed by atoms with van der Waals surface area (Å²) in [7, 11) is 1.76. The summed E-state index contributed by atoms with van der Waals surface area (Å²) >= 11 is 0. The molecule has 3 rings (SSSR count). The van der Waals surface area contributed by atoms with Crippen LogP contribution in [0, 0.1) is 5.41 Å². The molecule has 1 saturated heterocycles. The Bertz CT molecular complexity index is 678. The highest BCUT2D eigenvalue weighted by Gasteiger charge is 2.34. The molecule has 1 aromatic heterocycles. The number of nitrogens with zero attached hydrogens (tertiary/aromatic N) is 1. The summed E-state index contributed by atoms with van der Waals surface area (Å²) in [5.41, 5.74) is 0.928. The fourth-order valence-electron chi connectivity index (χ4n) is 3.27. The Labute approximate surface area is 171 Å². The van der Waals surface area contributed by atoms with Crippen molar-refractivity contribution in [2.45, 2.75) is 19.3 Å². The molecular weight excluding hydrogens is 445 g/mol. The lowest BCUT2D eigenvalue weighted by Crippen LogP contribution is -2.45. The minimum Gasteiger partial charge on any atom is -0.461 e. The van der Waals surface area contributed by atoms with Crippen molar-refractivity contribution in [3.63, 3.8) is 0 Å². The number of aliphatic imine (C=N–C) groups is 1. The summed E-state index contributed by atoms with van der Waals surface area (Å²) < 4.78 is 11.4. The van der Waals surface area contributed by atoms with Gasteiger partial charge in [0.2, 0.25) is 0 Å². The monoisotopic (exact) mass is 473 g/mol. The first kappa shape index (κ1) is 21.0. The van der Waals surface area contributed by atoms with Crippen LogP contribution in [-0.4, -0.2) is 51.0 Å². The van der Waals surface area contributed by atoms with Gasteiger partial charge < -0.3 is 24.9 Å². The summed E-state index contributed by atoms with van der Waals surface area (Å²) in [6, 6.07) is 10.1. The van der Waals surface area contributed by atoms with Crippen LogP contribution in [0.3, 0.4) is 0 Å². The molecule has 0 bridgehead atoms. The van der Waals surface area contributed by atoms with Crippen molar-refractivity contribution in [2.24, 2.45) is 10.4 Å². The highest BCUT2D eigenvalue weighted by molar-refractivity contribution is 14.0. The van der Waals surface area contributed by atoms with E-state index in [-0.39, 0.29) is 36.0 Å². The molecule has 1 aromatic carbocycles. The van der Waals surface area contributed by atoms with E-state index < -0.39 is 0 Å². The zero-order valence-corrected chi connectivity index (χ0v) is 17.5. The first-order valence-corrected chi connectivity index (χ1v) is 8.85. The molecule has 3 N–H and O–H groups in total. The van der Waals surface area contributed by atoms with Gasteiger partial charge in [0.25, 0.3) is 0 Å². The van der Waals surface area contributed by atoms with Gasteiger partial charge in [-0.05, 0) is 25.0 Å². The van der Waals surface area contributed by atoms with Crippen molar-refractivity contribution in [1.29, 1.82) is 0 Å². The Balaban J connectivity index is 0.00000243. The lowest BCUT2D eigenvalue weighted by atomic mass is 9.84. The molecule has 0 radical (unpaired) electrons. The normalized spacial score (nSPS) is 20.2. The number of para-hydroxylation sites is 1. The number of aliphatic hydroxyl groups excluding tert-OH is 1. The maximum atomic E-state index is 9.30. The van der Waals surface area contributed by atoms with Crippen LogP contribution in [0.25, 0.3) is 11.0 Å². The van der Waals surface area contributed by atoms with Crippen LogP contribution >= 0.6 is 24.0 Å². The van der Waals surface area contributed by atoms with Gasteiger partial charge in [-0.15, -0.1) is 24.0 Å². The molecule has 0 amide bonds. The summed E-state index contributed by atoms with van der Waals surface area (Å²) in [4.78, 5) is 4.27. The van der Waals surface area contributed by atoms with E-state index in [0.29, 0.717) is 6.61 Å². The van der Waals surface area contributed by atoms with E-state index in [1.165, 1.54) is 0 Å². The lowest BCUT2D eigenvalue weighted by Gasteiger charge is -2.27. The zero-order valence-electron chi connectivity index (χ0n) is 15.2. The average Bonchev–Trinajstić information content (AvgIpc) is 3.25. The average molecular weight is 473 g/mol. The van der Waals surface area contributed by atoms with Gasteiger partial charge in [0.15, 0.2) is 5.96 Å². The Morgan fingerprint density at radius 2 is 2.15 bits per heavy atom. The Morgan fingerprint density at radius 1 is 1.31 bits per heavy atom. The molecule has 1 fully saturated rings. The topological polar surface area (TPSA) is 79.0 Å². The van der Waals surface area contributed by atoms with Gasteiger partial charge in [-0.25, -0.2) is 0 Å². The van der Waals surface area contributed by atoms with E-state index in [1.54, 1.807) is 7.05 Å². The van der Waals surface area contributed by atoms with Gasteiger partial charge in [0.05, 0.1) is 6.61 Å². The van der Waals surface area contributed by atoms with Crippen molar-refractivity contribution in [1.82, 2.24) is 10.6 Å². The van der Waals surface area contributed by atoms with Crippen molar-refractivity contribution >= 4 is 40.9 Å². The van der Waals surface area contributed by atoms with Gasteiger partial charge in [-0.1, -0.05) is 18.2 Å². The minimum atomic E-state index is 0. The number of aliphatic hydroxyl groups is 1. The Kier molecular flexibility index (Phi) is 8.17. The Morgan fingerprint density at radius 3 is 2.85 bits per heavy atom. The van der Waals surface area contributed by atoms with Crippen molar-refractivity contribution in [2.75, 3.05) is 40.0 Å². The van der Waals surface area contributed by atoms with E-state index in [0.717, 1.165) is 61.6 Å². The number of nitrogens with one attached hydrogen (secondary N) is 2. The first-order chi connectivity index (χ1) is 12.2. The largest absolute Gasteiger partial charge is 0.461 e. The number of halogens is 1. The summed E-state index contributed by atoms with van der Waals surface area (Å²) in [6.45, 7) is 3.13. The number of ether oxygens (including phenoxy) is 1. The number of fused-ring (bicyclic) bond motifs is 1. The molecule has 1 unspecified atom stereocenters. The predicted octanol–water partition coefficient (Wildman–Crippen LogP) is 2.55. The zero-order chi connectivity index (χ0) is 17.5. The van der Waals surface area contributed by atoms with Crippen LogP contribution in [0.5, 0.6) is 0 Å². The van der Waals surface area contributed by atoms with Crippen molar-refractivity contribution in [3.8, 4) is 0 Å². The highest BCUT2D eigenvalue weighted by Crippen LogP contribution is 2.31. The van der Waals surface area contributed by atoms with E-state index in [1.807, 2.05) is 18.2 Å². The number of furan rings is 1. The summed E-state index contributed by atoms with van der Waals surface area (Å²) in [6.07, 6.45) is 2.51. The number of benzene rings is 1. The SMILES string of the molecule is CN=C(NCCc1cc2ccccc2o1)NCC1(CCO)CCOC1.I. The van der Waals surface area contributed by atoms with Crippen LogP contribution < -0.4 is 10.6 Å². The first-order valence-electron chi connectivity index (χ1n) is 8.85. The molecular formula is C19H28IN3O3. The van der Waals surface area contributed by atoms with Gasteiger partial charge in [-0.3, -0.25) is 4.99 Å². The third kappa shape index (κ3) is 5.34. The second-order valence-electron chi connectivity index (χ2n) is 6.63. The fourth-order valence-corrected chi connectivity index (χ4v) is 3.27. The molecule has 0 aliphatic carbocycles. The molecule has 6 nitrogen and oxygen atoms in total. The van der Waals surface area contributed by atoms with Crippen molar-refractivity contribution < 1.29 is 14.3 Å². The van der Waals surface area contributed by atoms with Crippen LogP contribution in [0.1, 0.15) is 18.6 Å². The number of hydrogen-bond acceptors (Lipinski definition) is 4. The molecule has 7 heteroatoms. The predicted molar refractivity (Wildman–Crippen MR) is 114 cm³/mol. The minimum absolute atomic E-state index is 0.